The molecule has 1 saturated heterocycles. The van der Waals surface area contributed by atoms with Crippen LogP contribution in [-0.4, -0.2) is 46.5 Å². The predicted octanol–water partition coefficient (Wildman–Crippen LogP) is 2.02. The van der Waals surface area contributed by atoms with E-state index >= 15 is 0 Å². The summed E-state index contributed by atoms with van der Waals surface area (Å²) in [6.45, 7) is 1.32. The number of methoxy groups -OCH3 is 3. The van der Waals surface area contributed by atoms with Crippen LogP contribution in [0.5, 0.6) is 17.2 Å². The zero-order valence-electron chi connectivity index (χ0n) is 13.8. The van der Waals surface area contributed by atoms with Crippen LogP contribution in [-0.2, 0) is 9.53 Å². The minimum Gasteiger partial charge on any atom is -0.493 e. The maximum atomic E-state index is 11.9. The van der Waals surface area contributed by atoms with E-state index in [2.05, 4.69) is 5.32 Å². The van der Waals surface area contributed by atoms with E-state index in [0.717, 1.165) is 25.0 Å². The number of benzene rings is 1. The molecule has 1 fully saturated rings. The van der Waals surface area contributed by atoms with Crippen molar-refractivity contribution in [2.75, 3.05) is 34.5 Å². The lowest BCUT2D eigenvalue weighted by atomic mass is 10.1. The fourth-order valence-electron chi connectivity index (χ4n) is 2.45. The molecule has 1 aliphatic heterocycles. The van der Waals surface area contributed by atoms with E-state index in [1.54, 1.807) is 39.5 Å². The monoisotopic (exact) mass is 321 g/mol. The summed E-state index contributed by atoms with van der Waals surface area (Å²) in [5.74, 6) is 1.46. The lowest BCUT2D eigenvalue weighted by molar-refractivity contribution is -0.116. The van der Waals surface area contributed by atoms with Crippen molar-refractivity contribution < 1.29 is 23.7 Å². The van der Waals surface area contributed by atoms with E-state index < -0.39 is 0 Å². The molecule has 6 heteroatoms. The summed E-state index contributed by atoms with van der Waals surface area (Å²) in [6, 6.07) is 3.57. The Kier molecular flexibility index (Phi) is 6.29. The molecule has 1 aromatic carbocycles. The zero-order valence-corrected chi connectivity index (χ0v) is 13.8. The van der Waals surface area contributed by atoms with Crippen LogP contribution in [0.3, 0.4) is 0 Å². The van der Waals surface area contributed by atoms with Gasteiger partial charge in [-0.05, 0) is 36.6 Å². The Bertz CT molecular complexity index is 539. The fourth-order valence-corrected chi connectivity index (χ4v) is 2.45. The van der Waals surface area contributed by atoms with Gasteiger partial charge < -0.3 is 24.3 Å². The van der Waals surface area contributed by atoms with Crippen LogP contribution < -0.4 is 19.5 Å². The summed E-state index contributed by atoms with van der Waals surface area (Å²) in [5.41, 5.74) is 0.784. The van der Waals surface area contributed by atoms with E-state index in [4.69, 9.17) is 18.9 Å². The molecule has 1 aromatic rings. The van der Waals surface area contributed by atoms with E-state index in [0.29, 0.717) is 23.8 Å². The Labute approximate surface area is 136 Å². The molecular weight excluding hydrogens is 298 g/mol. The number of rotatable bonds is 7. The van der Waals surface area contributed by atoms with E-state index in [1.807, 2.05) is 0 Å². The van der Waals surface area contributed by atoms with Crippen LogP contribution >= 0.6 is 0 Å². The molecule has 1 amide bonds. The molecule has 0 aromatic heterocycles. The number of nitrogens with one attached hydrogen (secondary N) is 1. The number of hydrogen-bond donors (Lipinski definition) is 1. The van der Waals surface area contributed by atoms with Gasteiger partial charge in [-0.2, -0.15) is 0 Å². The lowest BCUT2D eigenvalue weighted by Crippen LogP contribution is -2.30. The quantitative estimate of drug-likeness (QED) is 0.778. The van der Waals surface area contributed by atoms with Crippen LogP contribution in [0, 0.1) is 0 Å². The maximum Gasteiger partial charge on any atom is 0.244 e. The number of carbonyl (C=O) groups excluding carboxylic acids is 1. The highest BCUT2D eigenvalue weighted by Gasteiger charge is 2.15. The van der Waals surface area contributed by atoms with Crippen molar-refractivity contribution >= 4 is 12.0 Å². The predicted molar refractivity (Wildman–Crippen MR) is 87.1 cm³/mol. The van der Waals surface area contributed by atoms with Crippen LogP contribution in [0.4, 0.5) is 0 Å². The molecular formula is C17H23NO5. The molecule has 6 nitrogen and oxygen atoms in total. The summed E-state index contributed by atoms with van der Waals surface area (Å²) < 4.78 is 21.3. The molecule has 2 rings (SSSR count). The van der Waals surface area contributed by atoms with Crippen molar-refractivity contribution in [2.24, 2.45) is 0 Å². The fraction of sp³-hybridized carbons (Fsp3) is 0.471. The SMILES string of the molecule is COc1cc(/C=C/C(=O)NC[C@H]2CCCO2)cc(OC)c1OC. The van der Waals surface area contributed by atoms with Gasteiger partial charge in [-0.15, -0.1) is 0 Å². The van der Waals surface area contributed by atoms with Gasteiger partial charge in [-0.3, -0.25) is 4.79 Å². The van der Waals surface area contributed by atoms with E-state index in [9.17, 15) is 4.79 Å². The van der Waals surface area contributed by atoms with Gasteiger partial charge in [0.15, 0.2) is 11.5 Å². The van der Waals surface area contributed by atoms with Crippen molar-refractivity contribution in [2.45, 2.75) is 18.9 Å². The lowest BCUT2D eigenvalue weighted by Gasteiger charge is -2.13. The number of ether oxygens (including phenoxy) is 4. The van der Waals surface area contributed by atoms with Gasteiger partial charge in [-0.1, -0.05) is 0 Å². The van der Waals surface area contributed by atoms with E-state index in [-0.39, 0.29) is 12.0 Å². The zero-order chi connectivity index (χ0) is 16.7. The molecule has 126 valence electrons. The molecule has 0 radical (unpaired) electrons. The molecule has 1 heterocycles. The first kappa shape index (κ1) is 17.1. The number of amides is 1. The third kappa shape index (κ3) is 4.63. The molecule has 1 aliphatic rings. The summed E-state index contributed by atoms with van der Waals surface area (Å²) in [4.78, 5) is 11.9. The standard InChI is InChI=1S/C17H23NO5/c1-20-14-9-12(10-15(21-2)17(14)22-3)6-7-16(19)18-11-13-5-4-8-23-13/h6-7,9-10,13H,4-5,8,11H2,1-3H3,(H,18,19)/b7-6+/t13-/m1/s1. The van der Waals surface area contributed by atoms with Crippen molar-refractivity contribution in [3.05, 3.63) is 23.8 Å². The van der Waals surface area contributed by atoms with Crippen molar-refractivity contribution in [3.8, 4) is 17.2 Å². The topological polar surface area (TPSA) is 66.0 Å². The van der Waals surface area contributed by atoms with Gasteiger partial charge >= 0.3 is 0 Å². The minimum absolute atomic E-state index is 0.133. The Morgan fingerprint density at radius 2 is 1.96 bits per heavy atom. The molecule has 0 bridgehead atoms. The molecule has 1 atom stereocenters. The first-order valence-electron chi connectivity index (χ1n) is 7.55. The second-order valence-corrected chi connectivity index (χ2v) is 5.17. The largest absolute Gasteiger partial charge is 0.493 e. The highest BCUT2D eigenvalue weighted by molar-refractivity contribution is 5.91. The Hall–Kier alpha value is -2.21. The molecule has 0 aliphatic carbocycles. The van der Waals surface area contributed by atoms with Crippen LogP contribution in [0.2, 0.25) is 0 Å². The summed E-state index contributed by atoms with van der Waals surface area (Å²) >= 11 is 0. The molecule has 0 saturated carbocycles. The Morgan fingerprint density at radius 3 is 2.48 bits per heavy atom. The summed E-state index contributed by atoms with van der Waals surface area (Å²) in [7, 11) is 4.66. The van der Waals surface area contributed by atoms with Gasteiger partial charge in [0.2, 0.25) is 11.7 Å². The molecule has 1 N–H and O–H groups in total. The summed E-state index contributed by atoms with van der Waals surface area (Å²) in [5, 5.41) is 2.84. The van der Waals surface area contributed by atoms with Gasteiger partial charge in [0, 0.05) is 19.2 Å². The first-order valence-corrected chi connectivity index (χ1v) is 7.55. The first-order chi connectivity index (χ1) is 11.2. The van der Waals surface area contributed by atoms with Crippen molar-refractivity contribution in [1.29, 1.82) is 0 Å². The van der Waals surface area contributed by atoms with Crippen molar-refractivity contribution in [3.63, 3.8) is 0 Å². The van der Waals surface area contributed by atoms with Gasteiger partial charge in [0.1, 0.15) is 0 Å². The second-order valence-electron chi connectivity index (χ2n) is 5.17. The van der Waals surface area contributed by atoms with Gasteiger partial charge in [0.05, 0.1) is 27.4 Å². The molecule has 23 heavy (non-hydrogen) atoms. The van der Waals surface area contributed by atoms with Crippen LogP contribution in [0.15, 0.2) is 18.2 Å². The third-order valence-corrected chi connectivity index (χ3v) is 3.64. The number of hydrogen-bond acceptors (Lipinski definition) is 5. The molecule has 0 unspecified atom stereocenters. The minimum atomic E-state index is -0.158. The highest BCUT2D eigenvalue weighted by atomic mass is 16.5. The Morgan fingerprint density at radius 1 is 1.26 bits per heavy atom. The summed E-state index contributed by atoms with van der Waals surface area (Å²) in [6.07, 6.45) is 5.37. The highest BCUT2D eigenvalue weighted by Crippen LogP contribution is 2.38. The average molecular weight is 321 g/mol. The number of carbonyl (C=O) groups is 1. The Balaban J connectivity index is 2.01. The van der Waals surface area contributed by atoms with Crippen LogP contribution in [0.1, 0.15) is 18.4 Å². The van der Waals surface area contributed by atoms with Crippen molar-refractivity contribution in [1.82, 2.24) is 5.32 Å². The maximum absolute atomic E-state index is 11.9. The normalized spacial score (nSPS) is 17.3. The smallest absolute Gasteiger partial charge is 0.244 e. The third-order valence-electron chi connectivity index (χ3n) is 3.64. The van der Waals surface area contributed by atoms with Gasteiger partial charge in [0.25, 0.3) is 0 Å². The van der Waals surface area contributed by atoms with E-state index in [1.165, 1.54) is 6.08 Å². The molecule has 0 spiro atoms. The van der Waals surface area contributed by atoms with Gasteiger partial charge in [-0.25, -0.2) is 0 Å². The second kappa shape index (κ2) is 8.43. The van der Waals surface area contributed by atoms with Crippen LogP contribution in [0.25, 0.3) is 6.08 Å². The average Bonchev–Trinajstić information content (AvgIpc) is 3.10.